The number of halogens is 3. The Balaban J connectivity index is 1.38. The minimum absolute atomic E-state index is 0.0657. The van der Waals surface area contributed by atoms with Crippen molar-refractivity contribution in [1.82, 2.24) is 40.1 Å². The number of amides is 2. The van der Waals surface area contributed by atoms with Gasteiger partial charge in [0.25, 0.3) is 5.91 Å². The second kappa shape index (κ2) is 12.4. The van der Waals surface area contributed by atoms with Gasteiger partial charge in [-0.15, -0.1) is 0 Å². The van der Waals surface area contributed by atoms with Gasteiger partial charge in [-0.2, -0.15) is 19.0 Å². The number of benzene rings is 2. The third-order valence-electron chi connectivity index (χ3n) is 8.07. The van der Waals surface area contributed by atoms with Gasteiger partial charge in [-0.05, 0) is 53.5 Å². The maximum atomic E-state index is 14.8. The molecule has 246 valence electrons. The van der Waals surface area contributed by atoms with E-state index in [0.29, 0.717) is 44.1 Å². The molecule has 2 atom stereocenters. The molecule has 3 heterocycles. The Kier molecular flexibility index (Phi) is 8.47. The summed E-state index contributed by atoms with van der Waals surface area (Å²) < 4.78 is 34.0. The van der Waals surface area contributed by atoms with Crippen LogP contribution in [0.5, 0.6) is 0 Å². The number of alkyl carbamates (subject to hydrolysis) is 1. The molecular weight excluding hydrogens is 632 g/mol. The van der Waals surface area contributed by atoms with E-state index >= 15 is 0 Å². The van der Waals surface area contributed by atoms with E-state index < -0.39 is 30.1 Å². The Morgan fingerprint density at radius 3 is 2.53 bits per heavy atom. The molecule has 0 unspecified atom stereocenters. The zero-order chi connectivity index (χ0) is 33.5. The lowest BCUT2D eigenvalue weighted by atomic mass is 9.75. The maximum Gasteiger partial charge on any atom is 0.407 e. The van der Waals surface area contributed by atoms with Crippen molar-refractivity contribution in [3.05, 3.63) is 83.7 Å². The number of rotatable bonds is 10. The normalized spacial score (nSPS) is 18.8. The molecule has 3 N–H and O–H groups in total. The first-order valence-corrected chi connectivity index (χ1v) is 15.4. The Labute approximate surface area is 274 Å². The first kappa shape index (κ1) is 32.1. The highest BCUT2D eigenvalue weighted by molar-refractivity contribution is 6.32. The second-order valence-electron chi connectivity index (χ2n) is 12.9. The van der Waals surface area contributed by atoms with Crippen molar-refractivity contribution in [2.24, 2.45) is 5.41 Å². The van der Waals surface area contributed by atoms with Crippen LogP contribution in [0.2, 0.25) is 5.02 Å². The molecular formula is C32H34ClF2N9O3. The van der Waals surface area contributed by atoms with Crippen molar-refractivity contribution in [1.29, 1.82) is 5.41 Å². The zero-order valence-corrected chi connectivity index (χ0v) is 26.7. The van der Waals surface area contributed by atoms with Gasteiger partial charge in [0, 0.05) is 17.8 Å². The minimum atomic E-state index is -2.76. The lowest BCUT2D eigenvalue weighted by Gasteiger charge is -2.35. The van der Waals surface area contributed by atoms with Gasteiger partial charge < -0.3 is 15.4 Å². The van der Waals surface area contributed by atoms with E-state index in [9.17, 15) is 18.4 Å². The third kappa shape index (κ3) is 6.68. The van der Waals surface area contributed by atoms with Crippen LogP contribution in [0.3, 0.4) is 0 Å². The largest absolute Gasteiger partial charge is 0.447 e. The van der Waals surface area contributed by atoms with Gasteiger partial charge >= 0.3 is 12.6 Å². The van der Waals surface area contributed by atoms with Crippen LogP contribution in [0, 0.1) is 10.8 Å². The molecule has 1 aliphatic heterocycles. The first-order valence-electron chi connectivity index (χ1n) is 15.1. The highest BCUT2D eigenvalue weighted by Crippen LogP contribution is 2.43. The van der Waals surface area contributed by atoms with Crippen LogP contribution in [0.1, 0.15) is 63.8 Å². The summed E-state index contributed by atoms with van der Waals surface area (Å²) >= 11 is 6.51. The van der Waals surface area contributed by atoms with Gasteiger partial charge in [0.15, 0.2) is 5.96 Å². The Bertz CT molecular complexity index is 1790. The summed E-state index contributed by atoms with van der Waals surface area (Å²) in [6, 6.07) is 11.2. The number of alkyl halides is 2. The Hall–Kier alpha value is -4.85. The number of carbonyl (C=O) groups is 2. The molecule has 12 nitrogen and oxygen atoms in total. The van der Waals surface area contributed by atoms with Crippen LogP contribution < -0.4 is 10.6 Å². The number of guanidine groups is 1. The van der Waals surface area contributed by atoms with Gasteiger partial charge in [-0.25, -0.2) is 19.1 Å². The Morgan fingerprint density at radius 2 is 1.91 bits per heavy atom. The summed E-state index contributed by atoms with van der Waals surface area (Å²) in [6.07, 6.45) is 6.91. The lowest BCUT2D eigenvalue weighted by molar-refractivity contribution is -0.134. The molecule has 2 aromatic carbocycles. The predicted molar refractivity (Wildman–Crippen MR) is 169 cm³/mol. The van der Waals surface area contributed by atoms with Crippen LogP contribution in [0.4, 0.5) is 13.6 Å². The van der Waals surface area contributed by atoms with E-state index in [2.05, 4.69) is 25.8 Å². The molecule has 0 spiro atoms. The highest BCUT2D eigenvalue weighted by atomic mass is 35.5. The monoisotopic (exact) mass is 665 g/mol. The van der Waals surface area contributed by atoms with Crippen LogP contribution >= 0.6 is 11.6 Å². The number of nitrogens with zero attached hydrogens (tertiary/aromatic N) is 6. The number of hydrogen-bond acceptors (Lipinski definition) is 7. The van der Waals surface area contributed by atoms with E-state index in [1.165, 1.54) is 34.6 Å². The van der Waals surface area contributed by atoms with Gasteiger partial charge in [-0.1, -0.05) is 62.7 Å². The van der Waals surface area contributed by atoms with Crippen molar-refractivity contribution in [3.63, 3.8) is 0 Å². The average Bonchev–Trinajstić information content (AvgIpc) is 3.38. The molecule has 0 radical (unpaired) electrons. The van der Waals surface area contributed by atoms with Crippen molar-refractivity contribution in [2.45, 2.75) is 64.2 Å². The summed E-state index contributed by atoms with van der Waals surface area (Å²) in [7, 11) is 0. The van der Waals surface area contributed by atoms with Crippen molar-refractivity contribution >= 4 is 29.6 Å². The molecule has 1 aliphatic carbocycles. The summed E-state index contributed by atoms with van der Waals surface area (Å²) in [6.45, 7) is 2.98. The Morgan fingerprint density at radius 1 is 1.17 bits per heavy atom. The number of aromatic nitrogens is 5. The standard InChI is InChI=1S/C32H34ClF2N9O3/c1-31(2,3)16-32(22-7-4-19(5-8-22)21-13-38-42(14-21)28(34)35)27(45)44(29(36)41-32)26(15-47-30(46)40-23-9-10-23)20-6-11-24(33)25(12-20)43-18-37-17-39-43/h4-8,11-14,17-18,23,26,28H,9-10,15-16H2,1-3H3,(H2,36,41)(H,40,46)/t26-,32-/m1/s1. The summed E-state index contributed by atoms with van der Waals surface area (Å²) in [5, 5.41) is 23.4. The van der Waals surface area contributed by atoms with Crippen LogP contribution in [-0.2, 0) is 15.1 Å². The number of carbonyl (C=O) groups excluding carboxylic acids is 2. The maximum absolute atomic E-state index is 14.8. The third-order valence-corrected chi connectivity index (χ3v) is 8.39. The van der Waals surface area contributed by atoms with E-state index in [0.717, 1.165) is 12.8 Å². The fraction of sp³-hybridized carbons (Fsp3) is 0.375. The highest BCUT2D eigenvalue weighted by Gasteiger charge is 2.54. The van der Waals surface area contributed by atoms with Gasteiger partial charge in [0.1, 0.15) is 24.8 Å². The molecule has 2 aromatic heterocycles. The number of hydrogen-bond donors (Lipinski definition) is 3. The van der Waals surface area contributed by atoms with E-state index in [4.69, 9.17) is 21.7 Å². The minimum Gasteiger partial charge on any atom is -0.447 e. The molecule has 15 heteroatoms. The summed E-state index contributed by atoms with van der Waals surface area (Å²) in [4.78, 5) is 32.7. The molecule has 0 bridgehead atoms. The van der Waals surface area contributed by atoms with Crippen LogP contribution in [0.15, 0.2) is 67.5 Å². The van der Waals surface area contributed by atoms with Crippen LogP contribution in [-0.4, -0.2) is 60.1 Å². The molecule has 1 saturated carbocycles. The average molecular weight is 666 g/mol. The molecule has 6 rings (SSSR count). The summed E-state index contributed by atoms with van der Waals surface area (Å²) in [5.74, 6) is -0.584. The molecule has 2 fully saturated rings. The molecule has 2 amide bonds. The van der Waals surface area contributed by atoms with Gasteiger partial charge in [0.05, 0.1) is 22.9 Å². The van der Waals surface area contributed by atoms with E-state index in [-0.39, 0.29) is 24.0 Å². The second-order valence-corrected chi connectivity index (χ2v) is 13.3. The first-order chi connectivity index (χ1) is 22.3. The molecule has 4 aromatic rings. The van der Waals surface area contributed by atoms with Crippen LogP contribution in [0.25, 0.3) is 16.8 Å². The number of ether oxygens (including phenoxy) is 1. The fourth-order valence-electron chi connectivity index (χ4n) is 5.83. The van der Waals surface area contributed by atoms with E-state index in [1.807, 2.05) is 20.8 Å². The fourth-order valence-corrected chi connectivity index (χ4v) is 6.03. The predicted octanol–water partition coefficient (Wildman–Crippen LogP) is 5.81. The van der Waals surface area contributed by atoms with E-state index in [1.54, 1.807) is 42.5 Å². The zero-order valence-electron chi connectivity index (χ0n) is 26.0. The van der Waals surface area contributed by atoms with Gasteiger partial charge in [0.2, 0.25) is 0 Å². The smallest absolute Gasteiger partial charge is 0.407 e. The molecule has 47 heavy (non-hydrogen) atoms. The number of nitrogens with one attached hydrogen (secondary N) is 3. The SMILES string of the molecule is CC(C)(C)C[C@]1(c2ccc(-c3cnn(C(F)F)c3)cc2)NC(=N)N([C@H](COC(=O)NC2CC2)c2ccc(Cl)c(-n3cncn3)c2)C1=O. The van der Waals surface area contributed by atoms with Gasteiger partial charge in [-0.3, -0.25) is 15.1 Å². The summed E-state index contributed by atoms with van der Waals surface area (Å²) in [5.41, 5.74) is 1.01. The quantitative estimate of drug-likeness (QED) is 0.194. The topological polar surface area (TPSA) is 143 Å². The lowest BCUT2D eigenvalue weighted by Crippen LogP contribution is -2.47. The molecule has 1 saturated heterocycles. The van der Waals surface area contributed by atoms with Crippen molar-refractivity contribution < 1.29 is 23.1 Å². The molecule has 2 aliphatic rings. The van der Waals surface area contributed by atoms with Crippen molar-refractivity contribution in [2.75, 3.05) is 6.61 Å². The van der Waals surface area contributed by atoms with Crippen molar-refractivity contribution in [3.8, 4) is 16.8 Å².